The Morgan fingerprint density at radius 3 is 2.25 bits per heavy atom. The van der Waals surface area contributed by atoms with E-state index in [9.17, 15) is 0 Å². The normalized spacial score (nSPS) is 9.88. The molecule has 0 atom stereocenters. The maximum atomic E-state index is 5.44. The van der Waals surface area contributed by atoms with Crippen molar-refractivity contribution in [3.8, 4) is 0 Å². The number of rotatable bonds is 0. The molecule has 8 heavy (non-hydrogen) atoms. The molecule has 0 aliphatic rings. The molecule has 0 bridgehead atoms. The molecule has 1 aromatic heterocycles. The lowest BCUT2D eigenvalue weighted by molar-refractivity contribution is 1.29. The lowest BCUT2D eigenvalue weighted by Gasteiger charge is -1.73. The lowest BCUT2D eigenvalue weighted by atomic mass is 11.0. The number of nitrogens with zero attached hydrogens (tertiary/aromatic N) is 1. The maximum Gasteiger partial charge on any atom is 0.202 e. The van der Waals surface area contributed by atoms with Crippen molar-refractivity contribution in [1.82, 2.24) is 9.97 Å². The van der Waals surface area contributed by atoms with E-state index in [2.05, 4.69) is 41.8 Å². The molecular weight excluding hydrogens is 259 g/mol. The van der Waals surface area contributed by atoms with Crippen molar-refractivity contribution in [3.05, 3.63) is 14.5 Å². The van der Waals surface area contributed by atoms with E-state index in [0.29, 0.717) is 9.89 Å². The molecule has 1 rings (SSSR count). The molecule has 0 fully saturated rings. The highest BCUT2D eigenvalue weighted by Crippen LogP contribution is 2.20. The Hall–Kier alpha value is 0.460. The molecule has 0 saturated carbocycles. The van der Waals surface area contributed by atoms with Crippen LogP contribution in [0.25, 0.3) is 0 Å². The predicted molar refractivity (Wildman–Crippen MR) is 39.0 cm³/mol. The van der Waals surface area contributed by atoms with E-state index in [1.165, 1.54) is 0 Å². The van der Waals surface area contributed by atoms with Crippen molar-refractivity contribution in [2.24, 2.45) is 0 Å². The average molecular weight is 260 g/mol. The summed E-state index contributed by atoms with van der Waals surface area (Å²) in [5, 5.41) is 0.378. The first kappa shape index (κ1) is 6.58. The summed E-state index contributed by atoms with van der Waals surface area (Å²) in [4.78, 5) is 6.52. The largest absolute Gasteiger partial charge is 0.322 e. The van der Waals surface area contributed by atoms with E-state index in [0.717, 1.165) is 4.60 Å². The van der Waals surface area contributed by atoms with Crippen molar-refractivity contribution in [2.45, 2.75) is 0 Å². The van der Waals surface area contributed by atoms with E-state index in [-0.39, 0.29) is 0 Å². The van der Waals surface area contributed by atoms with Crippen LogP contribution in [-0.2, 0) is 0 Å². The number of nitrogens with one attached hydrogen (secondary N) is 1. The molecule has 0 amide bonds. The van der Waals surface area contributed by atoms with E-state index in [4.69, 9.17) is 11.6 Å². The fourth-order valence-electron chi connectivity index (χ4n) is 0.305. The molecule has 2 nitrogen and oxygen atoms in total. The summed E-state index contributed by atoms with van der Waals surface area (Å²) in [6, 6.07) is 0. The molecule has 0 spiro atoms. The standard InChI is InChI=1S/C3HBr2ClN2/c4-1-2(5)8-3(6)7-1/h(H,7,8). The third kappa shape index (κ3) is 1.24. The van der Waals surface area contributed by atoms with Gasteiger partial charge in [0.1, 0.15) is 9.21 Å². The number of hydrogen-bond acceptors (Lipinski definition) is 1. The number of halogens is 3. The predicted octanol–water partition coefficient (Wildman–Crippen LogP) is 2.59. The Kier molecular flexibility index (Phi) is 1.95. The highest BCUT2D eigenvalue weighted by atomic mass is 79.9. The Labute approximate surface area is 67.9 Å². The monoisotopic (exact) mass is 258 g/mol. The molecule has 1 heterocycles. The third-order valence-electron chi connectivity index (χ3n) is 0.590. The highest BCUT2D eigenvalue weighted by Gasteiger charge is 1.99. The van der Waals surface area contributed by atoms with Crippen LogP contribution in [0.2, 0.25) is 5.28 Å². The zero-order chi connectivity index (χ0) is 6.15. The van der Waals surface area contributed by atoms with Crippen molar-refractivity contribution in [3.63, 3.8) is 0 Å². The average Bonchev–Trinajstić information content (AvgIpc) is 1.85. The molecule has 1 aromatic rings. The van der Waals surface area contributed by atoms with Gasteiger partial charge in [-0.25, -0.2) is 4.98 Å². The maximum absolute atomic E-state index is 5.44. The first-order valence-electron chi connectivity index (χ1n) is 1.76. The molecule has 0 aliphatic carbocycles. The minimum absolute atomic E-state index is 0.378. The summed E-state index contributed by atoms with van der Waals surface area (Å²) in [6.07, 6.45) is 0. The molecule has 5 heteroatoms. The SMILES string of the molecule is Clc1nc(Br)c(Br)[nH]1. The van der Waals surface area contributed by atoms with Crippen molar-refractivity contribution in [1.29, 1.82) is 0 Å². The first-order chi connectivity index (χ1) is 3.70. The van der Waals surface area contributed by atoms with Crippen LogP contribution in [0.5, 0.6) is 0 Å². The zero-order valence-corrected chi connectivity index (χ0v) is 7.51. The van der Waals surface area contributed by atoms with Crippen molar-refractivity contribution in [2.75, 3.05) is 0 Å². The fraction of sp³-hybridized carbons (Fsp3) is 0. The van der Waals surface area contributed by atoms with E-state index in [1.807, 2.05) is 0 Å². The van der Waals surface area contributed by atoms with Gasteiger partial charge in [0.05, 0.1) is 0 Å². The second-order valence-corrected chi connectivity index (χ2v) is 3.03. The van der Waals surface area contributed by atoms with Crippen LogP contribution in [-0.4, -0.2) is 9.97 Å². The van der Waals surface area contributed by atoms with Crippen LogP contribution in [0.4, 0.5) is 0 Å². The Morgan fingerprint density at radius 1 is 1.50 bits per heavy atom. The van der Waals surface area contributed by atoms with Gasteiger partial charge in [-0.3, -0.25) is 0 Å². The van der Waals surface area contributed by atoms with Crippen molar-refractivity contribution >= 4 is 43.5 Å². The second-order valence-electron chi connectivity index (χ2n) is 1.13. The van der Waals surface area contributed by atoms with Gasteiger partial charge in [-0.1, -0.05) is 0 Å². The first-order valence-corrected chi connectivity index (χ1v) is 3.73. The summed E-state index contributed by atoms with van der Waals surface area (Å²) in [5.74, 6) is 0. The highest BCUT2D eigenvalue weighted by molar-refractivity contribution is 9.13. The Bertz CT molecular complexity index is 178. The quantitative estimate of drug-likeness (QED) is 0.763. The number of aromatic nitrogens is 2. The summed E-state index contributed by atoms with van der Waals surface area (Å²) in [5.41, 5.74) is 0. The molecule has 0 aromatic carbocycles. The fourth-order valence-corrected chi connectivity index (χ4v) is 1.25. The smallest absolute Gasteiger partial charge is 0.202 e. The van der Waals surface area contributed by atoms with Crippen LogP contribution >= 0.6 is 43.5 Å². The molecule has 0 radical (unpaired) electrons. The van der Waals surface area contributed by atoms with Gasteiger partial charge < -0.3 is 4.98 Å². The van der Waals surface area contributed by atoms with Gasteiger partial charge >= 0.3 is 0 Å². The zero-order valence-electron chi connectivity index (χ0n) is 3.58. The van der Waals surface area contributed by atoms with Crippen molar-refractivity contribution < 1.29 is 0 Å². The van der Waals surface area contributed by atoms with Gasteiger partial charge in [-0.15, -0.1) is 0 Å². The van der Waals surface area contributed by atoms with Gasteiger partial charge in [0.25, 0.3) is 0 Å². The summed E-state index contributed by atoms with van der Waals surface area (Å²) < 4.78 is 1.46. The van der Waals surface area contributed by atoms with Gasteiger partial charge in [0.2, 0.25) is 5.28 Å². The molecule has 0 saturated heterocycles. The van der Waals surface area contributed by atoms with Gasteiger partial charge in [-0.2, -0.15) is 0 Å². The van der Waals surface area contributed by atoms with E-state index >= 15 is 0 Å². The molecule has 44 valence electrons. The van der Waals surface area contributed by atoms with Crippen LogP contribution in [0.3, 0.4) is 0 Å². The van der Waals surface area contributed by atoms with Gasteiger partial charge in [0.15, 0.2) is 0 Å². The minimum Gasteiger partial charge on any atom is -0.322 e. The second kappa shape index (κ2) is 2.37. The summed E-state index contributed by atoms with van der Waals surface area (Å²) in [6.45, 7) is 0. The lowest BCUT2D eigenvalue weighted by Crippen LogP contribution is -1.59. The van der Waals surface area contributed by atoms with E-state index in [1.54, 1.807) is 0 Å². The minimum atomic E-state index is 0.378. The van der Waals surface area contributed by atoms with Crippen LogP contribution in [0.1, 0.15) is 0 Å². The number of hydrogen-bond donors (Lipinski definition) is 1. The topological polar surface area (TPSA) is 28.7 Å². The van der Waals surface area contributed by atoms with Crippen LogP contribution < -0.4 is 0 Å². The summed E-state index contributed by atoms with van der Waals surface area (Å²) in [7, 11) is 0. The molecule has 1 N–H and O–H groups in total. The van der Waals surface area contributed by atoms with Gasteiger partial charge in [0, 0.05) is 0 Å². The third-order valence-corrected chi connectivity index (χ3v) is 2.45. The number of imidazole rings is 1. The van der Waals surface area contributed by atoms with Gasteiger partial charge in [-0.05, 0) is 43.5 Å². The van der Waals surface area contributed by atoms with Crippen LogP contribution in [0, 0.1) is 0 Å². The molecule has 0 aliphatic heterocycles. The number of aromatic amines is 1. The van der Waals surface area contributed by atoms with E-state index < -0.39 is 0 Å². The van der Waals surface area contributed by atoms with Crippen LogP contribution in [0.15, 0.2) is 9.21 Å². The molecule has 0 unspecified atom stereocenters. The Balaban J connectivity index is 3.14. The summed E-state index contributed by atoms with van der Waals surface area (Å²) >= 11 is 11.7. The Morgan fingerprint density at radius 2 is 2.12 bits per heavy atom. The number of H-pyrrole nitrogens is 1. The molecular formula is C3HBr2ClN2.